The second-order valence-electron chi connectivity index (χ2n) is 7.52. The highest BCUT2D eigenvalue weighted by atomic mass is 15.2. The average Bonchev–Trinajstić information content (AvgIpc) is 2.40. The maximum Gasteiger partial charge on any atom is 0.0113 e. The van der Waals surface area contributed by atoms with E-state index in [-0.39, 0.29) is 0 Å². The first kappa shape index (κ1) is 15.3. The zero-order chi connectivity index (χ0) is 13.8. The summed E-state index contributed by atoms with van der Waals surface area (Å²) < 4.78 is 0. The van der Waals surface area contributed by atoms with Crippen molar-refractivity contribution in [3.8, 4) is 0 Å². The van der Waals surface area contributed by atoms with Gasteiger partial charge in [-0.3, -0.25) is 0 Å². The molecule has 0 amide bonds. The van der Waals surface area contributed by atoms with E-state index in [1.807, 2.05) is 0 Å². The summed E-state index contributed by atoms with van der Waals surface area (Å²) in [5.41, 5.74) is 0. The van der Waals surface area contributed by atoms with E-state index >= 15 is 0 Å². The molecule has 0 radical (unpaired) electrons. The Labute approximate surface area is 120 Å². The monoisotopic (exact) mass is 266 g/mol. The Morgan fingerprint density at radius 2 is 1.53 bits per heavy atom. The van der Waals surface area contributed by atoms with Crippen LogP contribution in [-0.4, -0.2) is 49.6 Å². The highest BCUT2D eigenvalue weighted by Crippen LogP contribution is 2.33. The summed E-state index contributed by atoms with van der Waals surface area (Å²) in [6.45, 7) is 8.83. The summed E-state index contributed by atoms with van der Waals surface area (Å²) in [5, 5.41) is 0. The van der Waals surface area contributed by atoms with E-state index in [1.165, 1.54) is 58.2 Å². The summed E-state index contributed by atoms with van der Waals surface area (Å²) in [6, 6.07) is 0.827. The minimum atomic E-state index is 0.827. The Morgan fingerprint density at radius 1 is 0.947 bits per heavy atom. The minimum absolute atomic E-state index is 0.827. The fourth-order valence-corrected chi connectivity index (χ4v) is 4.02. The summed E-state index contributed by atoms with van der Waals surface area (Å²) in [5.74, 6) is 2.90. The zero-order valence-electron chi connectivity index (χ0n) is 13.6. The van der Waals surface area contributed by atoms with E-state index in [0.29, 0.717) is 0 Å². The smallest absolute Gasteiger partial charge is 0.0113 e. The lowest BCUT2D eigenvalue weighted by Gasteiger charge is -2.38. The van der Waals surface area contributed by atoms with Crippen molar-refractivity contribution in [2.75, 3.05) is 33.7 Å². The quantitative estimate of drug-likeness (QED) is 0.769. The largest absolute Gasteiger partial charge is 0.306 e. The van der Waals surface area contributed by atoms with Gasteiger partial charge < -0.3 is 9.80 Å². The molecule has 0 atom stereocenters. The molecule has 1 saturated heterocycles. The second-order valence-corrected chi connectivity index (χ2v) is 7.52. The number of rotatable bonds is 4. The van der Waals surface area contributed by atoms with E-state index in [1.54, 1.807) is 0 Å². The van der Waals surface area contributed by atoms with Crippen LogP contribution in [0.3, 0.4) is 0 Å². The van der Waals surface area contributed by atoms with Gasteiger partial charge in [-0.25, -0.2) is 0 Å². The molecule has 1 aliphatic heterocycles. The third kappa shape index (κ3) is 4.46. The van der Waals surface area contributed by atoms with Gasteiger partial charge in [-0.05, 0) is 83.5 Å². The molecule has 19 heavy (non-hydrogen) atoms. The van der Waals surface area contributed by atoms with Gasteiger partial charge in [0.2, 0.25) is 0 Å². The van der Waals surface area contributed by atoms with E-state index in [0.717, 1.165) is 23.8 Å². The van der Waals surface area contributed by atoms with Crippen LogP contribution in [0.25, 0.3) is 0 Å². The lowest BCUT2D eigenvalue weighted by atomic mass is 9.77. The molecular weight excluding hydrogens is 232 g/mol. The van der Waals surface area contributed by atoms with Crippen LogP contribution in [0.2, 0.25) is 0 Å². The topological polar surface area (TPSA) is 6.48 Å². The van der Waals surface area contributed by atoms with Crippen molar-refractivity contribution in [1.82, 2.24) is 9.80 Å². The number of piperidine rings is 1. The van der Waals surface area contributed by atoms with Crippen LogP contribution >= 0.6 is 0 Å². The van der Waals surface area contributed by atoms with Gasteiger partial charge in [0.1, 0.15) is 0 Å². The van der Waals surface area contributed by atoms with Crippen molar-refractivity contribution in [1.29, 1.82) is 0 Å². The second kappa shape index (κ2) is 7.08. The normalized spacial score (nSPS) is 31.3. The zero-order valence-corrected chi connectivity index (χ0v) is 13.6. The van der Waals surface area contributed by atoms with Gasteiger partial charge in [0.25, 0.3) is 0 Å². The number of nitrogens with zero attached hydrogens (tertiary/aromatic N) is 2. The fraction of sp³-hybridized carbons (Fsp3) is 1.00. The molecule has 1 heterocycles. The molecule has 0 aromatic rings. The summed E-state index contributed by atoms with van der Waals surface area (Å²) >= 11 is 0. The van der Waals surface area contributed by atoms with Crippen LogP contribution in [0.1, 0.15) is 52.4 Å². The van der Waals surface area contributed by atoms with Crippen molar-refractivity contribution >= 4 is 0 Å². The lowest BCUT2D eigenvalue weighted by molar-refractivity contribution is 0.111. The van der Waals surface area contributed by atoms with Crippen molar-refractivity contribution in [3.63, 3.8) is 0 Å². The first-order chi connectivity index (χ1) is 9.06. The van der Waals surface area contributed by atoms with Gasteiger partial charge in [-0.15, -0.1) is 0 Å². The highest BCUT2D eigenvalue weighted by Gasteiger charge is 2.26. The Hall–Kier alpha value is -0.0800. The molecule has 2 heteroatoms. The summed E-state index contributed by atoms with van der Waals surface area (Å²) in [7, 11) is 4.46. The SMILES string of the molecule is CC(C)C1CCC(CN2CCC(N(C)C)CC2)CC1. The van der Waals surface area contributed by atoms with E-state index < -0.39 is 0 Å². The molecule has 0 aromatic heterocycles. The standard InChI is InChI=1S/C17H34N2/c1-14(2)16-7-5-15(6-8-16)13-19-11-9-17(10-12-19)18(3)4/h14-17H,5-13H2,1-4H3. The van der Waals surface area contributed by atoms with Gasteiger partial charge in [-0.2, -0.15) is 0 Å². The van der Waals surface area contributed by atoms with Crippen molar-refractivity contribution < 1.29 is 0 Å². The van der Waals surface area contributed by atoms with Crippen molar-refractivity contribution in [2.45, 2.75) is 58.4 Å². The third-order valence-corrected chi connectivity index (χ3v) is 5.64. The predicted molar refractivity (Wildman–Crippen MR) is 83.4 cm³/mol. The van der Waals surface area contributed by atoms with E-state index in [4.69, 9.17) is 0 Å². The molecule has 2 aliphatic rings. The van der Waals surface area contributed by atoms with Gasteiger partial charge in [0, 0.05) is 12.6 Å². The molecule has 0 bridgehead atoms. The minimum Gasteiger partial charge on any atom is -0.306 e. The van der Waals surface area contributed by atoms with Crippen LogP contribution in [-0.2, 0) is 0 Å². The fourth-order valence-electron chi connectivity index (χ4n) is 4.02. The number of likely N-dealkylation sites (tertiary alicyclic amines) is 1. The molecule has 0 spiro atoms. The molecule has 0 unspecified atom stereocenters. The van der Waals surface area contributed by atoms with Crippen LogP contribution < -0.4 is 0 Å². The average molecular weight is 266 g/mol. The first-order valence-corrected chi connectivity index (χ1v) is 8.45. The maximum atomic E-state index is 2.74. The van der Waals surface area contributed by atoms with Crippen molar-refractivity contribution in [3.05, 3.63) is 0 Å². The van der Waals surface area contributed by atoms with Crippen molar-refractivity contribution in [2.24, 2.45) is 17.8 Å². The molecule has 2 rings (SSSR count). The van der Waals surface area contributed by atoms with Gasteiger partial charge in [0.05, 0.1) is 0 Å². The third-order valence-electron chi connectivity index (χ3n) is 5.64. The Balaban J connectivity index is 1.67. The van der Waals surface area contributed by atoms with E-state index in [9.17, 15) is 0 Å². The molecule has 112 valence electrons. The number of hydrogen-bond acceptors (Lipinski definition) is 2. The van der Waals surface area contributed by atoms with Gasteiger partial charge in [-0.1, -0.05) is 13.8 Å². The van der Waals surface area contributed by atoms with Crippen LogP contribution in [0.4, 0.5) is 0 Å². The van der Waals surface area contributed by atoms with Gasteiger partial charge >= 0.3 is 0 Å². The highest BCUT2D eigenvalue weighted by molar-refractivity contribution is 4.81. The molecule has 1 aliphatic carbocycles. The number of hydrogen-bond donors (Lipinski definition) is 0. The first-order valence-electron chi connectivity index (χ1n) is 8.45. The molecule has 2 nitrogen and oxygen atoms in total. The summed E-state index contributed by atoms with van der Waals surface area (Å²) in [6.07, 6.45) is 8.67. The predicted octanol–water partition coefficient (Wildman–Crippen LogP) is 3.47. The molecule has 1 saturated carbocycles. The maximum absolute atomic E-state index is 2.74. The van der Waals surface area contributed by atoms with Crippen LogP contribution in [0, 0.1) is 17.8 Å². The molecule has 0 aromatic carbocycles. The van der Waals surface area contributed by atoms with Crippen LogP contribution in [0.15, 0.2) is 0 Å². The Morgan fingerprint density at radius 3 is 2.00 bits per heavy atom. The summed E-state index contributed by atoms with van der Waals surface area (Å²) in [4.78, 5) is 5.14. The molecular formula is C17H34N2. The molecule has 2 fully saturated rings. The molecule has 0 N–H and O–H groups in total. The van der Waals surface area contributed by atoms with E-state index in [2.05, 4.69) is 37.7 Å². The Bertz CT molecular complexity index is 220. The lowest BCUT2D eigenvalue weighted by Crippen LogP contribution is -2.43. The van der Waals surface area contributed by atoms with Crippen LogP contribution in [0.5, 0.6) is 0 Å². The Kier molecular flexibility index (Phi) is 5.70. The van der Waals surface area contributed by atoms with Gasteiger partial charge in [0.15, 0.2) is 0 Å².